The zero-order chi connectivity index (χ0) is 17.3. The SMILES string of the molecule is O=S(=O)(c1cccc(Cl)c1Cl)N1CCN(c2ccncc2Cl)CC1. The van der Waals surface area contributed by atoms with Crippen molar-refractivity contribution in [2.75, 3.05) is 31.1 Å². The van der Waals surface area contributed by atoms with E-state index in [-0.39, 0.29) is 14.9 Å². The lowest BCUT2D eigenvalue weighted by Crippen LogP contribution is -2.48. The third kappa shape index (κ3) is 3.34. The van der Waals surface area contributed by atoms with Gasteiger partial charge in [0, 0.05) is 38.6 Å². The highest BCUT2D eigenvalue weighted by Crippen LogP contribution is 2.32. The second kappa shape index (κ2) is 7.06. The Labute approximate surface area is 155 Å². The summed E-state index contributed by atoms with van der Waals surface area (Å²) in [5, 5.41) is 0.824. The van der Waals surface area contributed by atoms with Gasteiger partial charge in [0.15, 0.2) is 0 Å². The number of benzene rings is 1. The Morgan fingerprint density at radius 3 is 2.33 bits per heavy atom. The molecule has 0 amide bonds. The zero-order valence-corrected chi connectivity index (χ0v) is 15.6. The first-order chi connectivity index (χ1) is 11.4. The van der Waals surface area contributed by atoms with Crippen molar-refractivity contribution < 1.29 is 8.42 Å². The van der Waals surface area contributed by atoms with Gasteiger partial charge in [0.25, 0.3) is 0 Å². The lowest BCUT2D eigenvalue weighted by atomic mass is 10.3. The first-order valence-corrected chi connectivity index (χ1v) is 9.77. The first kappa shape index (κ1) is 17.8. The lowest BCUT2D eigenvalue weighted by molar-refractivity contribution is 0.385. The van der Waals surface area contributed by atoms with E-state index in [1.807, 2.05) is 11.0 Å². The van der Waals surface area contributed by atoms with Gasteiger partial charge in [0.1, 0.15) is 4.90 Å². The largest absolute Gasteiger partial charge is 0.368 e. The van der Waals surface area contributed by atoms with Gasteiger partial charge in [-0.05, 0) is 18.2 Å². The number of sulfonamides is 1. The number of piperazine rings is 1. The number of aromatic nitrogens is 1. The second-order valence-corrected chi connectivity index (χ2v) is 8.37. The second-order valence-electron chi connectivity index (χ2n) is 5.27. The van der Waals surface area contributed by atoms with Gasteiger partial charge in [-0.2, -0.15) is 4.31 Å². The molecule has 1 aromatic heterocycles. The van der Waals surface area contributed by atoms with Crippen LogP contribution >= 0.6 is 34.8 Å². The molecular formula is C15H14Cl3N3O2S. The van der Waals surface area contributed by atoms with E-state index in [2.05, 4.69) is 4.98 Å². The highest BCUT2D eigenvalue weighted by molar-refractivity contribution is 7.89. The summed E-state index contributed by atoms with van der Waals surface area (Å²) >= 11 is 18.2. The van der Waals surface area contributed by atoms with E-state index in [9.17, 15) is 8.42 Å². The van der Waals surface area contributed by atoms with E-state index in [4.69, 9.17) is 34.8 Å². The van der Waals surface area contributed by atoms with E-state index < -0.39 is 10.0 Å². The van der Waals surface area contributed by atoms with Gasteiger partial charge in [-0.25, -0.2) is 8.42 Å². The number of hydrogen-bond acceptors (Lipinski definition) is 4. The van der Waals surface area contributed by atoms with Crippen molar-refractivity contribution >= 4 is 50.5 Å². The molecule has 1 fully saturated rings. The fourth-order valence-corrected chi connectivity index (χ4v) is 5.01. The van der Waals surface area contributed by atoms with Gasteiger partial charge in [-0.1, -0.05) is 40.9 Å². The van der Waals surface area contributed by atoms with Crippen LogP contribution in [-0.2, 0) is 10.0 Å². The quantitative estimate of drug-likeness (QED) is 0.782. The van der Waals surface area contributed by atoms with Crippen molar-refractivity contribution in [1.29, 1.82) is 0 Å². The summed E-state index contributed by atoms with van der Waals surface area (Å²) in [6.45, 7) is 1.73. The summed E-state index contributed by atoms with van der Waals surface area (Å²) < 4.78 is 27.0. The molecule has 0 bridgehead atoms. The highest BCUT2D eigenvalue weighted by atomic mass is 35.5. The lowest BCUT2D eigenvalue weighted by Gasteiger charge is -2.35. The fraction of sp³-hybridized carbons (Fsp3) is 0.267. The average Bonchev–Trinajstić information content (AvgIpc) is 2.58. The minimum Gasteiger partial charge on any atom is -0.368 e. The molecule has 2 heterocycles. The van der Waals surface area contributed by atoms with Crippen LogP contribution in [-0.4, -0.2) is 43.9 Å². The third-order valence-corrected chi connectivity index (χ3v) is 7.03. The van der Waals surface area contributed by atoms with Crippen molar-refractivity contribution in [2.45, 2.75) is 4.90 Å². The summed E-state index contributed by atoms with van der Waals surface area (Å²) in [6, 6.07) is 6.43. The summed E-state index contributed by atoms with van der Waals surface area (Å²) in [5.41, 5.74) is 0.851. The van der Waals surface area contributed by atoms with E-state index >= 15 is 0 Å². The molecule has 1 aliphatic heterocycles. The predicted octanol–water partition coefficient (Wildman–Crippen LogP) is 3.55. The van der Waals surface area contributed by atoms with Gasteiger partial charge < -0.3 is 4.90 Å². The Morgan fingerprint density at radius 2 is 1.67 bits per heavy atom. The average molecular weight is 407 g/mol. The van der Waals surface area contributed by atoms with Crippen LogP contribution in [0.25, 0.3) is 0 Å². The smallest absolute Gasteiger partial charge is 0.244 e. The van der Waals surface area contributed by atoms with Crippen LogP contribution in [0, 0.1) is 0 Å². The van der Waals surface area contributed by atoms with Gasteiger partial charge in [-0.3, -0.25) is 4.98 Å². The van der Waals surface area contributed by atoms with Crippen molar-refractivity contribution in [3.63, 3.8) is 0 Å². The fourth-order valence-electron chi connectivity index (χ4n) is 2.62. The molecular weight excluding hydrogens is 393 g/mol. The minimum atomic E-state index is -3.69. The van der Waals surface area contributed by atoms with E-state index in [1.54, 1.807) is 24.5 Å². The molecule has 9 heteroatoms. The number of halogens is 3. The van der Waals surface area contributed by atoms with Crippen molar-refractivity contribution in [1.82, 2.24) is 9.29 Å². The number of hydrogen-bond donors (Lipinski definition) is 0. The number of nitrogens with zero attached hydrogens (tertiary/aromatic N) is 3. The van der Waals surface area contributed by atoms with Gasteiger partial charge in [-0.15, -0.1) is 0 Å². The molecule has 1 aliphatic rings. The summed E-state index contributed by atoms with van der Waals surface area (Å²) in [6.07, 6.45) is 3.24. The summed E-state index contributed by atoms with van der Waals surface area (Å²) in [4.78, 5) is 6.03. The summed E-state index contributed by atoms with van der Waals surface area (Å²) in [7, 11) is -3.69. The maximum absolute atomic E-state index is 12.8. The molecule has 5 nitrogen and oxygen atoms in total. The zero-order valence-electron chi connectivity index (χ0n) is 12.5. The van der Waals surface area contributed by atoms with Gasteiger partial charge in [0.2, 0.25) is 10.0 Å². The molecule has 0 aliphatic carbocycles. The number of anilines is 1. The minimum absolute atomic E-state index is 0.0343. The molecule has 128 valence electrons. The van der Waals surface area contributed by atoms with Crippen molar-refractivity contribution in [2.24, 2.45) is 0 Å². The van der Waals surface area contributed by atoms with E-state index in [0.29, 0.717) is 31.2 Å². The standard InChI is InChI=1S/C15H14Cl3N3O2S/c16-11-2-1-3-14(15(11)18)24(22,23)21-8-6-20(7-9-21)13-4-5-19-10-12(13)17/h1-5,10H,6-9H2. The number of rotatable bonds is 3. The highest BCUT2D eigenvalue weighted by Gasteiger charge is 2.31. The molecule has 0 radical (unpaired) electrons. The predicted molar refractivity (Wildman–Crippen MR) is 96.7 cm³/mol. The van der Waals surface area contributed by atoms with Crippen LogP contribution in [0.1, 0.15) is 0 Å². The van der Waals surface area contributed by atoms with E-state index in [0.717, 1.165) is 5.69 Å². The first-order valence-electron chi connectivity index (χ1n) is 7.20. The van der Waals surface area contributed by atoms with Gasteiger partial charge in [0.05, 0.1) is 20.8 Å². The molecule has 0 unspecified atom stereocenters. The van der Waals surface area contributed by atoms with Crippen molar-refractivity contribution in [3.8, 4) is 0 Å². The molecule has 2 aromatic rings. The molecule has 0 saturated carbocycles. The topological polar surface area (TPSA) is 53.5 Å². The number of pyridine rings is 1. The Bertz CT molecular complexity index is 853. The molecule has 1 saturated heterocycles. The Morgan fingerprint density at radius 1 is 0.958 bits per heavy atom. The molecule has 24 heavy (non-hydrogen) atoms. The summed E-state index contributed by atoms with van der Waals surface area (Å²) in [5.74, 6) is 0. The van der Waals surface area contributed by atoms with Crippen LogP contribution in [0.15, 0.2) is 41.6 Å². The Balaban J connectivity index is 1.79. The molecule has 0 atom stereocenters. The molecule has 0 N–H and O–H groups in total. The monoisotopic (exact) mass is 405 g/mol. The normalized spacial score (nSPS) is 16.4. The van der Waals surface area contributed by atoms with Crippen LogP contribution in [0.3, 0.4) is 0 Å². The maximum Gasteiger partial charge on any atom is 0.244 e. The molecule has 3 rings (SSSR count). The van der Waals surface area contributed by atoms with Crippen LogP contribution in [0.2, 0.25) is 15.1 Å². The van der Waals surface area contributed by atoms with Crippen molar-refractivity contribution in [3.05, 3.63) is 51.7 Å². The Kier molecular flexibility index (Phi) is 5.22. The van der Waals surface area contributed by atoms with Crippen LogP contribution < -0.4 is 4.90 Å². The van der Waals surface area contributed by atoms with Crippen LogP contribution in [0.5, 0.6) is 0 Å². The molecule has 0 spiro atoms. The molecule has 1 aromatic carbocycles. The van der Waals surface area contributed by atoms with Crippen LogP contribution in [0.4, 0.5) is 5.69 Å². The third-order valence-electron chi connectivity index (χ3n) is 3.86. The van der Waals surface area contributed by atoms with Gasteiger partial charge >= 0.3 is 0 Å². The van der Waals surface area contributed by atoms with E-state index in [1.165, 1.54) is 10.4 Å². The maximum atomic E-state index is 12.8. The Hall–Kier alpha value is -1.05.